The first-order valence-corrected chi connectivity index (χ1v) is 8.93. The van der Waals surface area contributed by atoms with Crippen molar-refractivity contribution in [2.45, 2.75) is 31.6 Å². The lowest BCUT2D eigenvalue weighted by atomic mass is 10.2. The predicted octanol–water partition coefficient (Wildman–Crippen LogP) is 1.60. The van der Waals surface area contributed by atoms with Gasteiger partial charge < -0.3 is 0 Å². The molecule has 110 valence electrons. The Bertz CT molecular complexity index is 573. The Morgan fingerprint density at radius 2 is 1.85 bits per heavy atom. The molecular formula is C15H22N2O2S. The summed E-state index contributed by atoms with van der Waals surface area (Å²) < 4.78 is 26.6. The van der Waals surface area contributed by atoms with Crippen molar-refractivity contribution in [1.82, 2.24) is 9.21 Å². The summed E-state index contributed by atoms with van der Waals surface area (Å²) in [5.41, 5.74) is 1.99. The van der Waals surface area contributed by atoms with E-state index in [1.165, 1.54) is 12.8 Å². The quantitative estimate of drug-likeness (QED) is 0.847. The van der Waals surface area contributed by atoms with Gasteiger partial charge in [0.2, 0.25) is 10.0 Å². The topological polar surface area (TPSA) is 40.6 Å². The van der Waals surface area contributed by atoms with Crippen LogP contribution in [0.25, 0.3) is 0 Å². The Balaban J connectivity index is 1.63. The molecule has 1 aromatic rings. The van der Waals surface area contributed by atoms with Gasteiger partial charge in [-0.1, -0.05) is 29.8 Å². The Hall–Kier alpha value is -0.910. The zero-order chi connectivity index (χ0) is 14.2. The lowest BCUT2D eigenvalue weighted by molar-refractivity contribution is 0.180. The van der Waals surface area contributed by atoms with Crippen molar-refractivity contribution in [2.75, 3.05) is 26.2 Å². The molecule has 3 rings (SSSR count). The number of hydrogen-bond donors (Lipinski definition) is 0. The average Bonchev–Trinajstić information content (AvgIpc) is 3.23. The van der Waals surface area contributed by atoms with Gasteiger partial charge in [0, 0.05) is 32.2 Å². The molecule has 0 unspecified atom stereocenters. The van der Waals surface area contributed by atoms with Crippen molar-refractivity contribution < 1.29 is 8.42 Å². The fraction of sp³-hybridized carbons (Fsp3) is 0.600. The van der Waals surface area contributed by atoms with Crippen LogP contribution >= 0.6 is 0 Å². The number of benzene rings is 1. The first kappa shape index (κ1) is 14.0. The predicted molar refractivity (Wildman–Crippen MR) is 80.0 cm³/mol. The van der Waals surface area contributed by atoms with Gasteiger partial charge in [-0.25, -0.2) is 8.42 Å². The molecule has 1 aliphatic carbocycles. The van der Waals surface area contributed by atoms with Gasteiger partial charge in [0.05, 0.1) is 5.75 Å². The highest BCUT2D eigenvalue weighted by Crippen LogP contribution is 2.28. The van der Waals surface area contributed by atoms with Crippen LogP contribution in [0, 0.1) is 6.92 Å². The van der Waals surface area contributed by atoms with Crippen LogP contribution in [0.1, 0.15) is 24.0 Å². The van der Waals surface area contributed by atoms with Crippen molar-refractivity contribution in [3.05, 3.63) is 35.4 Å². The first-order chi connectivity index (χ1) is 9.54. The molecule has 0 bridgehead atoms. The van der Waals surface area contributed by atoms with Crippen molar-refractivity contribution in [1.29, 1.82) is 0 Å². The fourth-order valence-corrected chi connectivity index (χ4v) is 4.39. The highest BCUT2D eigenvalue weighted by Gasteiger charge is 2.34. The minimum absolute atomic E-state index is 0.123. The van der Waals surface area contributed by atoms with Crippen molar-refractivity contribution in [2.24, 2.45) is 0 Å². The Kier molecular flexibility index (Phi) is 3.84. The molecule has 2 fully saturated rings. The highest BCUT2D eigenvalue weighted by molar-refractivity contribution is 7.88. The largest absolute Gasteiger partial charge is 0.298 e. The molecule has 1 heterocycles. The molecule has 2 aliphatic rings. The van der Waals surface area contributed by atoms with E-state index in [-0.39, 0.29) is 5.75 Å². The van der Waals surface area contributed by atoms with Crippen molar-refractivity contribution in [3.63, 3.8) is 0 Å². The molecular weight excluding hydrogens is 272 g/mol. The summed E-state index contributed by atoms with van der Waals surface area (Å²) in [5.74, 6) is 0.123. The molecule has 4 nitrogen and oxygen atoms in total. The molecule has 5 heteroatoms. The highest BCUT2D eigenvalue weighted by atomic mass is 32.2. The summed E-state index contributed by atoms with van der Waals surface area (Å²) in [5, 5.41) is 0. The summed E-state index contributed by atoms with van der Waals surface area (Å²) in [4.78, 5) is 2.43. The number of sulfonamides is 1. The second-order valence-electron chi connectivity index (χ2n) is 5.91. The Morgan fingerprint density at radius 1 is 1.15 bits per heavy atom. The minimum Gasteiger partial charge on any atom is -0.298 e. The standard InChI is InChI=1S/C15H22N2O2S/c1-13-3-2-4-14(11-13)12-20(18,19)17-9-7-16(8-10-17)15-5-6-15/h2-4,11,15H,5-10,12H2,1H3. The van der Waals surface area contributed by atoms with E-state index in [0.29, 0.717) is 13.1 Å². The molecule has 0 aromatic heterocycles. The number of nitrogens with zero attached hydrogens (tertiary/aromatic N) is 2. The lowest BCUT2D eigenvalue weighted by Gasteiger charge is -2.34. The molecule has 1 saturated carbocycles. The third kappa shape index (κ3) is 3.22. The normalized spacial score (nSPS) is 22.1. The van der Waals surface area contributed by atoms with E-state index >= 15 is 0 Å². The lowest BCUT2D eigenvalue weighted by Crippen LogP contribution is -2.49. The average molecular weight is 294 g/mol. The van der Waals surface area contributed by atoms with Crippen molar-refractivity contribution in [3.8, 4) is 0 Å². The van der Waals surface area contributed by atoms with Gasteiger partial charge >= 0.3 is 0 Å². The molecule has 1 aromatic carbocycles. The second kappa shape index (κ2) is 5.47. The smallest absolute Gasteiger partial charge is 0.218 e. The second-order valence-corrected chi connectivity index (χ2v) is 7.88. The van der Waals surface area contributed by atoms with Gasteiger partial charge in [-0.3, -0.25) is 4.90 Å². The molecule has 0 N–H and O–H groups in total. The SMILES string of the molecule is Cc1cccc(CS(=O)(=O)N2CCN(C3CC3)CC2)c1. The summed E-state index contributed by atoms with van der Waals surface area (Å²) >= 11 is 0. The van der Waals surface area contributed by atoms with Crippen LogP contribution in [0.5, 0.6) is 0 Å². The van der Waals surface area contributed by atoms with Crippen molar-refractivity contribution >= 4 is 10.0 Å². The van der Waals surface area contributed by atoms with Crippen LogP contribution < -0.4 is 0 Å². The summed E-state index contributed by atoms with van der Waals surface area (Å²) in [7, 11) is -3.18. The Labute approximate surface area is 121 Å². The van der Waals surface area contributed by atoms with E-state index in [9.17, 15) is 8.42 Å². The van der Waals surface area contributed by atoms with E-state index in [4.69, 9.17) is 0 Å². The molecule has 20 heavy (non-hydrogen) atoms. The van der Waals surface area contributed by atoms with Crippen LogP contribution in [-0.2, 0) is 15.8 Å². The summed E-state index contributed by atoms with van der Waals surface area (Å²) in [6.07, 6.45) is 2.58. The van der Waals surface area contributed by atoms with Crippen LogP contribution in [0.15, 0.2) is 24.3 Å². The fourth-order valence-electron chi connectivity index (χ4n) is 2.89. The summed E-state index contributed by atoms with van der Waals surface area (Å²) in [6, 6.07) is 8.50. The van der Waals surface area contributed by atoms with E-state index in [2.05, 4.69) is 4.90 Å². The molecule has 0 radical (unpaired) electrons. The van der Waals surface area contributed by atoms with E-state index in [1.54, 1.807) is 4.31 Å². The molecule has 0 spiro atoms. The van der Waals surface area contributed by atoms with E-state index < -0.39 is 10.0 Å². The van der Waals surface area contributed by atoms with Crippen LogP contribution in [-0.4, -0.2) is 49.8 Å². The van der Waals surface area contributed by atoms with Crippen LogP contribution in [0.2, 0.25) is 0 Å². The maximum absolute atomic E-state index is 12.5. The zero-order valence-electron chi connectivity index (χ0n) is 12.0. The van der Waals surface area contributed by atoms with Gasteiger partial charge in [0.15, 0.2) is 0 Å². The van der Waals surface area contributed by atoms with E-state index in [1.807, 2.05) is 31.2 Å². The molecule has 0 amide bonds. The monoisotopic (exact) mass is 294 g/mol. The number of piperazine rings is 1. The number of aryl methyl sites for hydroxylation is 1. The number of rotatable bonds is 4. The number of hydrogen-bond acceptors (Lipinski definition) is 3. The Morgan fingerprint density at radius 3 is 2.45 bits per heavy atom. The van der Waals surface area contributed by atoms with E-state index in [0.717, 1.165) is 30.3 Å². The maximum Gasteiger partial charge on any atom is 0.218 e. The van der Waals surface area contributed by atoms with Crippen LogP contribution in [0.4, 0.5) is 0 Å². The third-order valence-electron chi connectivity index (χ3n) is 4.16. The van der Waals surface area contributed by atoms with Gasteiger partial charge in [0.1, 0.15) is 0 Å². The van der Waals surface area contributed by atoms with Gasteiger partial charge in [-0.05, 0) is 25.3 Å². The first-order valence-electron chi connectivity index (χ1n) is 7.32. The minimum atomic E-state index is -3.18. The molecule has 1 aliphatic heterocycles. The zero-order valence-corrected chi connectivity index (χ0v) is 12.8. The van der Waals surface area contributed by atoms with Gasteiger partial charge in [0.25, 0.3) is 0 Å². The third-order valence-corrected chi connectivity index (χ3v) is 6.01. The maximum atomic E-state index is 12.5. The van der Waals surface area contributed by atoms with Gasteiger partial charge in [-0.2, -0.15) is 4.31 Å². The summed E-state index contributed by atoms with van der Waals surface area (Å²) in [6.45, 7) is 5.05. The molecule has 0 atom stereocenters. The molecule has 1 saturated heterocycles. The van der Waals surface area contributed by atoms with Crippen LogP contribution in [0.3, 0.4) is 0 Å². The van der Waals surface area contributed by atoms with Gasteiger partial charge in [-0.15, -0.1) is 0 Å².